The Kier molecular flexibility index (Phi) is 3.94. The Hall–Kier alpha value is -2.18. The minimum atomic E-state index is -0.809. The molecular weight excluding hydrogens is 271 g/mol. The maximum Gasteiger partial charge on any atom is 0.258 e. The first kappa shape index (κ1) is 13.3. The molecule has 7 heteroatoms. The molecule has 0 aliphatic rings. The van der Waals surface area contributed by atoms with Crippen molar-refractivity contribution in [3.63, 3.8) is 0 Å². The molecule has 1 heterocycles. The molecule has 2 aromatic rings. The molecule has 0 radical (unpaired) electrons. The molecule has 1 amide bonds. The number of pyridine rings is 1. The average molecular weight is 281 g/mol. The van der Waals surface area contributed by atoms with Crippen LogP contribution >= 0.6 is 11.6 Å². The van der Waals surface area contributed by atoms with Crippen LogP contribution in [-0.2, 0) is 0 Å². The van der Waals surface area contributed by atoms with E-state index in [9.17, 15) is 9.18 Å². The zero-order chi connectivity index (χ0) is 13.8. The van der Waals surface area contributed by atoms with Gasteiger partial charge in [0.15, 0.2) is 11.6 Å². The summed E-state index contributed by atoms with van der Waals surface area (Å²) >= 11 is 5.73. The van der Waals surface area contributed by atoms with Gasteiger partial charge in [-0.05, 0) is 30.3 Å². The summed E-state index contributed by atoms with van der Waals surface area (Å²) in [4.78, 5) is 15.6. The highest BCUT2D eigenvalue weighted by Gasteiger charge is 2.15. The lowest BCUT2D eigenvalue weighted by Gasteiger charge is -2.08. The lowest BCUT2D eigenvalue weighted by atomic mass is 10.2. The van der Waals surface area contributed by atoms with Gasteiger partial charge in [-0.15, -0.1) is 0 Å². The molecule has 0 saturated carbocycles. The fourth-order valence-electron chi connectivity index (χ4n) is 1.45. The number of hydrogen-bond acceptors (Lipinski definition) is 4. The van der Waals surface area contributed by atoms with E-state index < -0.39 is 11.7 Å². The molecule has 0 fully saturated rings. The van der Waals surface area contributed by atoms with Gasteiger partial charge >= 0.3 is 0 Å². The van der Waals surface area contributed by atoms with E-state index in [0.717, 1.165) is 0 Å². The Morgan fingerprint density at radius 3 is 2.58 bits per heavy atom. The van der Waals surface area contributed by atoms with Gasteiger partial charge in [-0.3, -0.25) is 4.79 Å². The van der Waals surface area contributed by atoms with Crippen LogP contribution in [0, 0.1) is 5.82 Å². The van der Waals surface area contributed by atoms with Crippen molar-refractivity contribution >= 4 is 29.0 Å². The number of amides is 1. The topological polar surface area (TPSA) is 80.0 Å². The van der Waals surface area contributed by atoms with Gasteiger partial charge in [0.2, 0.25) is 0 Å². The third-order valence-corrected chi connectivity index (χ3v) is 2.62. The molecule has 98 valence electrons. The predicted molar refractivity (Wildman–Crippen MR) is 71.4 cm³/mol. The Morgan fingerprint density at radius 1 is 1.26 bits per heavy atom. The summed E-state index contributed by atoms with van der Waals surface area (Å²) in [6.45, 7) is 0. The Bertz CT molecular complexity index is 603. The van der Waals surface area contributed by atoms with Crippen molar-refractivity contribution in [3.8, 4) is 0 Å². The molecule has 0 saturated heterocycles. The van der Waals surface area contributed by atoms with Crippen molar-refractivity contribution in [1.29, 1.82) is 0 Å². The highest BCUT2D eigenvalue weighted by atomic mass is 35.5. The summed E-state index contributed by atoms with van der Waals surface area (Å²) < 4.78 is 13.8. The standard InChI is InChI=1S/C12H10ClFN4O/c13-7-1-3-8(4-2-7)17-12(19)9-5-6-16-11(18-15)10(9)14/h1-6H,15H2,(H,16,18)(H,17,19). The van der Waals surface area contributed by atoms with Gasteiger partial charge in [0.1, 0.15) is 0 Å². The maximum absolute atomic E-state index is 13.8. The number of anilines is 2. The molecule has 2 rings (SSSR count). The third-order valence-electron chi connectivity index (χ3n) is 2.37. The quantitative estimate of drug-likeness (QED) is 0.596. The van der Waals surface area contributed by atoms with Gasteiger partial charge in [0.25, 0.3) is 5.91 Å². The van der Waals surface area contributed by atoms with Gasteiger partial charge in [0, 0.05) is 16.9 Å². The number of aromatic nitrogens is 1. The number of rotatable bonds is 3. The van der Waals surface area contributed by atoms with Crippen molar-refractivity contribution in [2.75, 3.05) is 10.7 Å². The summed E-state index contributed by atoms with van der Waals surface area (Å²) in [5.41, 5.74) is 2.43. The van der Waals surface area contributed by atoms with Crippen LogP contribution in [0.5, 0.6) is 0 Å². The molecule has 0 unspecified atom stereocenters. The minimum Gasteiger partial charge on any atom is -0.322 e. The molecule has 1 aromatic carbocycles. The van der Waals surface area contributed by atoms with Crippen molar-refractivity contribution < 1.29 is 9.18 Å². The number of halogens is 2. The second-order valence-electron chi connectivity index (χ2n) is 3.63. The van der Waals surface area contributed by atoms with Crippen LogP contribution in [0.25, 0.3) is 0 Å². The summed E-state index contributed by atoms with van der Waals surface area (Å²) in [5.74, 6) is 3.49. The number of nitrogens with one attached hydrogen (secondary N) is 2. The largest absolute Gasteiger partial charge is 0.322 e. The van der Waals surface area contributed by atoms with Crippen LogP contribution in [0.2, 0.25) is 5.02 Å². The normalized spacial score (nSPS) is 10.1. The third kappa shape index (κ3) is 2.98. The summed E-state index contributed by atoms with van der Waals surface area (Å²) in [6.07, 6.45) is 1.29. The maximum atomic E-state index is 13.8. The fourth-order valence-corrected chi connectivity index (χ4v) is 1.58. The fraction of sp³-hybridized carbons (Fsp3) is 0. The highest BCUT2D eigenvalue weighted by molar-refractivity contribution is 6.30. The number of hydrazine groups is 1. The highest BCUT2D eigenvalue weighted by Crippen LogP contribution is 2.17. The Labute approximate surface area is 113 Å². The van der Waals surface area contributed by atoms with Gasteiger partial charge in [-0.2, -0.15) is 0 Å². The minimum absolute atomic E-state index is 0.155. The van der Waals surface area contributed by atoms with E-state index in [1.807, 2.05) is 0 Å². The number of benzene rings is 1. The van der Waals surface area contributed by atoms with Crippen LogP contribution in [0.3, 0.4) is 0 Å². The first-order chi connectivity index (χ1) is 9.11. The second kappa shape index (κ2) is 5.64. The number of nitrogen functional groups attached to an aromatic ring is 1. The van der Waals surface area contributed by atoms with E-state index in [4.69, 9.17) is 17.4 Å². The molecule has 0 aliphatic carbocycles. The second-order valence-corrected chi connectivity index (χ2v) is 4.06. The van der Waals surface area contributed by atoms with E-state index in [1.165, 1.54) is 12.3 Å². The van der Waals surface area contributed by atoms with E-state index in [-0.39, 0.29) is 11.4 Å². The molecule has 19 heavy (non-hydrogen) atoms. The van der Waals surface area contributed by atoms with Crippen molar-refractivity contribution in [2.24, 2.45) is 5.84 Å². The summed E-state index contributed by atoms with van der Waals surface area (Å²) in [6, 6.07) is 7.73. The number of nitrogens with two attached hydrogens (primary N) is 1. The first-order valence-corrected chi connectivity index (χ1v) is 5.67. The van der Waals surface area contributed by atoms with E-state index in [2.05, 4.69) is 15.7 Å². The summed E-state index contributed by atoms with van der Waals surface area (Å²) in [5, 5.41) is 3.09. The zero-order valence-corrected chi connectivity index (χ0v) is 10.4. The van der Waals surface area contributed by atoms with Crippen molar-refractivity contribution in [2.45, 2.75) is 0 Å². The molecule has 1 aromatic heterocycles. The summed E-state index contributed by atoms with van der Waals surface area (Å²) in [7, 11) is 0. The van der Waals surface area contributed by atoms with E-state index >= 15 is 0 Å². The number of hydrogen-bond donors (Lipinski definition) is 3. The predicted octanol–water partition coefficient (Wildman–Crippen LogP) is 2.41. The van der Waals surface area contributed by atoms with Gasteiger partial charge in [0.05, 0.1) is 5.56 Å². The first-order valence-electron chi connectivity index (χ1n) is 5.30. The van der Waals surface area contributed by atoms with E-state index in [1.54, 1.807) is 24.3 Å². The number of carbonyl (C=O) groups excluding carboxylic acids is 1. The van der Waals surface area contributed by atoms with Crippen molar-refractivity contribution in [3.05, 3.63) is 52.9 Å². The lowest BCUT2D eigenvalue weighted by Crippen LogP contribution is -2.17. The van der Waals surface area contributed by atoms with Crippen LogP contribution in [-0.4, -0.2) is 10.9 Å². The molecule has 0 aliphatic heterocycles. The Morgan fingerprint density at radius 2 is 1.95 bits per heavy atom. The molecule has 5 nitrogen and oxygen atoms in total. The smallest absolute Gasteiger partial charge is 0.258 e. The van der Waals surface area contributed by atoms with Crippen molar-refractivity contribution in [1.82, 2.24) is 4.98 Å². The van der Waals surface area contributed by atoms with Gasteiger partial charge < -0.3 is 10.7 Å². The number of nitrogens with zero attached hydrogens (tertiary/aromatic N) is 1. The molecular formula is C12H10ClFN4O. The lowest BCUT2D eigenvalue weighted by molar-refractivity contribution is 0.102. The van der Waals surface area contributed by atoms with Crippen LogP contribution in [0.4, 0.5) is 15.9 Å². The number of carbonyl (C=O) groups is 1. The molecule has 4 N–H and O–H groups in total. The Balaban J connectivity index is 2.23. The average Bonchev–Trinajstić information content (AvgIpc) is 2.41. The van der Waals surface area contributed by atoms with Crippen LogP contribution in [0.1, 0.15) is 10.4 Å². The molecule has 0 atom stereocenters. The van der Waals surface area contributed by atoms with Crippen LogP contribution in [0.15, 0.2) is 36.5 Å². The van der Waals surface area contributed by atoms with Gasteiger partial charge in [-0.25, -0.2) is 15.2 Å². The molecule has 0 spiro atoms. The van der Waals surface area contributed by atoms with Gasteiger partial charge in [-0.1, -0.05) is 11.6 Å². The van der Waals surface area contributed by atoms with E-state index in [0.29, 0.717) is 10.7 Å². The molecule has 0 bridgehead atoms. The SMILES string of the molecule is NNc1nccc(C(=O)Nc2ccc(Cl)cc2)c1F. The zero-order valence-electron chi connectivity index (χ0n) is 9.65. The van der Waals surface area contributed by atoms with Crippen LogP contribution < -0.4 is 16.6 Å². The monoisotopic (exact) mass is 280 g/mol.